The maximum absolute atomic E-state index is 4.38. The summed E-state index contributed by atoms with van der Waals surface area (Å²) in [7, 11) is 4.23. The molecular formula is C26H34N2. The van der Waals surface area contributed by atoms with Crippen LogP contribution in [0.5, 0.6) is 0 Å². The van der Waals surface area contributed by atoms with E-state index < -0.39 is 0 Å². The van der Waals surface area contributed by atoms with E-state index in [-0.39, 0.29) is 0 Å². The van der Waals surface area contributed by atoms with Crippen molar-refractivity contribution in [3.8, 4) is 0 Å². The summed E-state index contributed by atoms with van der Waals surface area (Å²) in [6, 6.07) is 17.1. The third-order valence-electron chi connectivity index (χ3n) is 4.70. The second kappa shape index (κ2) is 10.7. The Bertz CT molecular complexity index is 813. The van der Waals surface area contributed by atoms with Gasteiger partial charge in [-0.25, -0.2) is 0 Å². The quantitative estimate of drug-likeness (QED) is 0.462. The van der Waals surface area contributed by atoms with Crippen LogP contribution in [-0.2, 0) is 12.8 Å². The number of allylic oxidation sites excluding steroid dienone is 3. The zero-order valence-electron chi connectivity index (χ0n) is 17.7. The predicted octanol–water partition coefficient (Wildman–Crippen LogP) is 6.33. The summed E-state index contributed by atoms with van der Waals surface area (Å²) in [6.07, 6.45) is 3.98. The van der Waals surface area contributed by atoms with E-state index in [1.807, 2.05) is 6.92 Å². The van der Waals surface area contributed by atoms with Crippen LogP contribution in [0.15, 0.2) is 79.5 Å². The lowest BCUT2D eigenvalue weighted by atomic mass is 9.91. The fraction of sp³-hybridized carbons (Fsp3) is 0.308. The molecule has 0 saturated heterocycles. The molecule has 0 aliphatic heterocycles. The van der Waals surface area contributed by atoms with Gasteiger partial charge in [0.15, 0.2) is 0 Å². The van der Waals surface area contributed by atoms with Crippen molar-refractivity contribution in [3.05, 3.63) is 96.2 Å². The standard InChI is InChI=1S/C26H34N2/c1-20(2)27-25-15-13-23(14-16-25)19-22(4)26-12-8-7-11-24(26)18-21(3)10-9-17-28(5)6/h7-8,11-16,27H,1,3-4,9-10,17-19H2,2,5-6H3. The number of rotatable bonds is 11. The minimum atomic E-state index is 0.845. The van der Waals surface area contributed by atoms with Crippen LogP contribution in [0.4, 0.5) is 5.69 Å². The van der Waals surface area contributed by atoms with E-state index in [1.165, 1.54) is 22.3 Å². The molecule has 2 aromatic carbocycles. The van der Waals surface area contributed by atoms with E-state index in [2.05, 4.69) is 92.6 Å². The third kappa shape index (κ3) is 7.21. The number of hydrogen-bond acceptors (Lipinski definition) is 2. The molecule has 0 atom stereocenters. The molecule has 0 saturated carbocycles. The molecule has 1 N–H and O–H groups in total. The molecule has 0 unspecified atom stereocenters. The van der Waals surface area contributed by atoms with E-state index in [0.717, 1.165) is 49.2 Å². The molecule has 0 aliphatic rings. The summed E-state index contributed by atoms with van der Waals surface area (Å²) >= 11 is 0. The highest BCUT2D eigenvalue weighted by atomic mass is 15.0. The van der Waals surface area contributed by atoms with E-state index in [4.69, 9.17) is 0 Å². The van der Waals surface area contributed by atoms with Crippen molar-refractivity contribution in [2.24, 2.45) is 0 Å². The monoisotopic (exact) mass is 374 g/mol. The third-order valence-corrected chi connectivity index (χ3v) is 4.70. The van der Waals surface area contributed by atoms with Gasteiger partial charge in [-0.05, 0) is 87.6 Å². The molecule has 0 aliphatic carbocycles. The van der Waals surface area contributed by atoms with Gasteiger partial charge in [-0.2, -0.15) is 0 Å². The summed E-state index contributed by atoms with van der Waals surface area (Å²) in [5.41, 5.74) is 8.28. The lowest BCUT2D eigenvalue weighted by Gasteiger charge is -2.15. The van der Waals surface area contributed by atoms with Crippen molar-refractivity contribution < 1.29 is 0 Å². The first-order valence-corrected chi connectivity index (χ1v) is 9.94. The van der Waals surface area contributed by atoms with Gasteiger partial charge >= 0.3 is 0 Å². The molecule has 148 valence electrons. The smallest absolute Gasteiger partial charge is 0.0381 e. The highest BCUT2D eigenvalue weighted by Gasteiger charge is 2.08. The zero-order valence-corrected chi connectivity index (χ0v) is 17.7. The van der Waals surface area contributed by atoms with Crippen LogP contribution in [0.1, 0.15) is 36.5 Å². The fourth-order valence-electron chi connectivity index (χ4n) is 3.32. The largest absolute Gasteiger partial charge is 0.360 e. The Balaban J connectivity index is 2.01. The first kappa shape index (κ1) is 21.7. The summed E-state index contributed by atoms with van der Waals surface area (Å²) < 4.78 is 0. The van der Waals surface area contributed by atoms with Crippen molar-refractivity contribution in [1.82, 2.24) is 4.90 Å². The van der Waals surface area contributed by atoms with Gasteiger partial charge in [-0.1, -0.05) is 61.7 Å². The Morgan fingerprint density at radius 2 is 1.61 bits per heavy atom. The molecule has 2 heteroatoms. The molecular weight excluding hydrogens is 340 g/mol. The predicted molar refractivity (Wildman–Crippen MR) is 125 cm³/mol. The molecule has 2 aromatic rings. The van der Waals surface area contributed by atoms with Crippen LogP contribution in [-0.4, -0.2) is 25.5 Å². The van der Waals surface area contributed by atoms with Gasteiger partial charge in [0.25, 0.3) is 0 Å². The molecule has 0 radical (unpaired) electrons. The van der Waals surface area contributed by atoms with Gasteiger partial charge in [0.2, 0.25) is 0 Å². The average Bonchev–Trinajstić information content (AvgIpc) is 2.63. The normalized spacial score (nSPS) is 10.7. The van der Waals surface area contributed by atoms with Crippen LogP contribution in [0.2, 0.25) is 0 Å². The van der Waals surface area contributed by atoms with Gasteiger partial charge in [0.1, 0.15) is 0 Å². The van der Waals surface area contributed by atoms with Crippen LogP contribution in [0, 0.1) is 0 Å². The summed E-state index contributed by atoms with van der Waals surface area (Å²) in [5.74, 6) is 0. The van der Waals surface area contributed by atoms with Crippen LogP contribution >= 0.6 is 0 Å². The highest BCUT2D eigenvalue weighted by Crippen LogP contribution is 2.25. The second-order valence-electron chi connectivity index (χ2n) is 7.87. The Labute approximate surface area is 171 Å². The van der Waals surface area contributed by atoms with E-state index >= 15 is 0 Å². The van der Waals surface area contributed by atoms with Crippen molar-refractivity contribution in [3.63, 3.8) is 0 Å². The number of nitrogens with zero attached hydrogens (tertiary/aromatic N) is 1. The number of anilines is 1. The van der Waals surface area contributed by atoms with Crippen LogP contribution in [0.25, 0.3) is 5.57 Å². The lowest BCUT2D eigenvalue weighted by Crippen LogP contribution is -2.13. The van der Waals surface area contributed by atoms with Crippen LogP contribution in [0.3, 0.4) is 0 Å². The molecule has 0 bridgehead atoms. The van der Waals surface area contributed by atoms with Gasteiger partial charge < -0.3 is 10.2 Å². The number of hydrogen-bond donors (Lipinski definition) is 1. The number of nitrogens with one attached hydrogen (secondary N) is 1. The topological polar surface area (TPSA) is 15.3 Å². The summed E-state index contributed by atoms with van der Waals surface area (Å²) in [4.78, 5) is 2.22. The van der Waals surface area contributed by atoms with E-state index in [1.54, 1.807) is 0 Å². The van der Waals surface area contributed by atoms with Crippen molar-refractivity contribution in [1.29, 1.82) is 0 Å². The molecule has 0 heterocycles. The Morgan fingerprint density at radius 1 is 0.929 bits per heavy atom. The average molecular weight is 375 g/mol. The molecule has 28 heavy (non-hydrogen) atoms. The molecule has 0 aromatic heterocycles. The van der Waals surface area contributed by atoms with E-state index in [0.29, 0.717) is 0 Å². The molecule has 2 nitrogen and oxygen atoms in total. The van der Waals surface area contributed by atoms with E-state index in [9.17, 15) is 0 Å². The second-order valence-corrected chi connectivity index (χ2v) is 7.87. The van der Waals surface area contributed by atoms with Crippen molar-refractivity contribution in [2.75, 3.05) is 26.0 Å². The molecule has 0 fully saturated rings. The van der Waals surface area contributed by atoms with Gasteiger partial charge in [0, 0.05) is 11.4 Å². The number of benzene rings is 2. The van der Waals surface area contributed by atoms with Gasteiger partial charge in [-0.15, -0.1) is 0 Å². The minimum absolute atomic E-state index is 0.845. The highest BCUT2D eigenvalue weighted by molar-refractivity contribution is 5.69. The van der Waals surface area contributed by atoms with Crippen molar-refractivity contribution >= 4 is 11.3 Å². The summed E-state index contributed by atoms with van der Waals surface area (Å²) in [5, 5.41) is 3.24. The maximum atomic E-state index is 4.38. The van der Waals surface area contributed by atoms with Gasteiger partial charge in [-0.3, -0.25) is 0 Å². The summed E-state index contributed by atoms with van der Waals surface area (Å²) in [6.45, 7) is 15.6. The molecule has 0 spiro atoms. The lowest BCUT2D eigenvalue weighted by molar-refractivity contribution is 0.399. The van der Waals surface area contributed by atoms with Crippen LogP contribution < -0.4 is 5.32 Å². The zero-order chi connectivity index (χ0) is 20.5. The Morgan fingerprint density at radius 3 is 2.25 bits per heavy atom. The first-order chi connectivity index (χ1) is 13.3. The van der Waals surface area contributed by atoms with Gasteiger partial charge in [0.05, 0.1) is 0 Å². The molecule has 2 rings (SSSR count). The van der Waals surface area contributed by atoms with Crippen molar-refractivity contribution in [2.45, 2.75) is 32.6 Å². The first-order valence-electron chi connectivity index (χ1n) is 9.94. The maximum Gasteiger partial charge on any atom is 0.0381 e. The molecule has 0 amide bonds. The Hall–Kier alpha value is -2.58. The fourth-order valence-corrected chi connectivity index (χ4v) is 3.32. The SMILES string of the molecule is C=C(CCCN(C)C)Cc1ccccc1C(=C)Cc1ccc(NC(=C)C)cc1. The minimum Gasteiger partial charge on any atom is -0.360 e. The Kier molecular flexibility index (Phi) is 8.28.